The van der Waals surface area contributed by atoms with Gasteiger partial charge in [0.1, 0.15) is 0 Å². The zero-order valence-corrected chi connectivity index (χ0v) is 10.7. The predicted octanol–water partition coefficient (Wildman–Crippen LogP) is 3.43. The molecule has 0 bridgehead atoms. The fourth-order valence-electron chi connectivity index (χ4n) is 2.15. The summed E-state index contributed by atoms with van der Waals surface area (Å²) in [6, 6.07) is 3.38. The number of rotatable bonds is 4. The molecule has 19 heavy (non-hydrogen) atoms. The van der Waals surface area contributed by atoms with Gasteiger partial charge in [-0.25, -0.2) is 0 Å². The molecule has 0 aliphatic carbocycles. The molecule has 0 aliphatic heterocycles. The summed E-state index contributed by atoms with van der Waals surface area (Å²) in [4.78, 5) is 11.4. The average molecular weight is 275 g/mol. The minimum absolute atomic E-state index is 0.0108. The molecule has 0 aromatic heterocycles. The number of nitrogens with two attached hydrogens (primary N) is 1. The summed E-state index contributed by atoms with van der Waals surface area (Å²) in [6.07, 6.45) is -3.85. The average Bonchev–Trinajstić information content (AvgIpc) is 2.27. The van der Waals surface area contributed by atoms with E-state index in [4.69, 9.17) is 5.73 Å². The van der Waals surface area contributed by atoms with Crippen LogP contribution in [-0.4, -0.2) is 11.1 Å². The van der Waals surface area contributed by atoms with Gasteiger partial charge in [-0.05, 0) is 25.0 Å². The Kier molecular flexibility index (Phi) is 4.12. The summed E-state index contributed by atoms with van der Waals surface area (Å²) in [7, 11) is 0. The molecule has 0 fully saturated rings. The quantitative estimate of drug-likeness (QED) is 0.827. The lowest BCUT2D eigenvalue weighted by atomic mass is 9.77. The van der Waals surface area contributed by atoms with Crippen molar-refractivity contribution in [3.63, 3.8) is 0 Å². The van der Waals surface area contributed by atoms with E-state index in [0.29, 0.717) is 6.42 Å². The first kappa shape index (κ1) is 15.3. The van der Waals surface area contributed by atoms with Gasteiger partial charge in [-0.1, -0.05) is 25.5 Å². The van der Waals surface area contributed by atoms with E-state index in [1.807, 2.05) is 0 Å². The van der Waals surface area contributed by atoms with Gasteiger partial charge in [0.2, 0.25) is 0 Å². The normalized spacial score (nSPS) is 15.0. The summed E-state index contributed by atoms with van der Waals surface area (Å²) in [5, 5.41) is 9.30. The molecule has 1 unspecified atom stereocenters. The van der Waals surface area contributed by atoms with Crippen LogP contribution in [0.5, 0.6) is 0 Å². The van der Waals surface area contributed by atoms with Gasteiger partial charge in [-0.15, -0.1) is 0 Å². The fraction of sp³-hybridized carbons (Fsp3) is 0.462. The van der Waals surface area contributed by atoms with E-state index in [0.717, 1.165) is 6.07 Å². The first-order valence-electron chi connectivity index (χ1n) is 5.84. The van der Waals surface area contributed by atoms with Gasteiger partial charge in [0, 0.05) is 5.69 Å². The van der Waals surface area contributed by atoms with Crippen molar-refractivity contribution in [2.24, 2.45) is 0 Å². The molecule has 0 radical (unpaired) electrons. The Morgan fingerprint density at radius 2 is 1.84 bits per heavy atom. The van der Waals surface area contributed by atoms with Crippen molar-refractivity contribution < 1.29 is 23.1 Å². The van der Waals surface area contributed by atoms with Gasteiger partial charge in [-0.2, -0.15) is 13.2 Å². The van der Waals surface area contributed by atoms with Crippen molar-refractivity contribution in [2.45, 2.75) is 38.3 Å². The monoisotopic (exact) mass is 275 g/mol. The first-order valence-corrected chi connectivity index (χ1v) is 5.84. The summed E-state index contributed by atoms with van der Waals surface area (Å²) in [5.74, 6) is -1.18. The van der Waals surface area contributed by atoms with Crippen LogP contribution in [0.15, 0.2) is 18.2 Å². The third-order valence-corrected chi connectivity index (χ3v) is 3.23. The van der Waals surface area contributed by atoms with Crippen LogP contribution in [0.1, 0.15) is 37.8 Å². The number of para-hydroxylation sites is 1. The SMILES string of the molecule is CCCC(C)(C(=O)O)c1cccc(C(F)(F)F)c1N. The molecule has 106 valence electrons. The highest BCUT2D eigenvalue weighted by Crippen LogP contribution is 2.40. The maximum absolute atomic E-state index is 12.8. The molecule has 1 atom stereocenters. The molecule has 0 saturated heterocycles. The second kappa shape index (κ2) is 5.11. The standard InChI is InChI=1S/C13H16F3NO2/c1-3-7-12(2,11(18)19)8-5-4-6-9(10(8)17)13(14,15)16/h4-6H,3,7,17H2,1-2H3,(H,18,19). The van der Waals surface area contributed by atoms with Crippen LogP contribution in [-0.2, 0) is 16.4 Å². The molecule has 6 heteroatoms. The summed E-state index contributed by atoms with van der Waals surface area (Å²) < 4.78 is 38.3. The molecule has 0 heterocycles. The van der Waals surface area contributed by atoms with E-state index in [1.165, 1.54) is 19.1 Å². The number of halogens is 3. The van der Waals surface area contributed by atoms with Gasteiger partial charge in [0.15, 0.2) is 0 Å². The van der Waals surface area contributed by atoms with Crippen LogP contribution in [0, 0.1) is 0 Å². The maximum Gasteiger partial charge on any atom is 0.418 e. The molecule has 0 spiro atoms. The number of anilines is 1. The number of carboxylic acids is 1. The Balaban J connectivity index is 3.46. The van der Waals surface area contributed by atoms with Gasteiger partial charge < -0.3 is 10.8 Å². The van der Waals surface area contributed by atoms with Gasteiger partial charge in [-0.3, -0.25) is 4.79 Å². The highest BCUT2D eigenvalue weighted by molar-refractivity contribution is 5.83. The maximum atomic E-state index is 12.8. The van der Waals surface area contributed by atoms with E-state index in [1.54, 1.807) is 6.92 Å². The predicted molar refractivity (Wildman–Crippen MR) is 65.8 cm³/mol. The van der Waals surface area contributed by atoms with Crippen molar-refractivity contribution in [2.75, 3.05) is 5.73 Å². The first-order chi connectivity index (χ1) is 8.64. The molecule has 1 aromatic rings. The van der Waals surface area contributed by atoms with Gasteiger partial charge >= 0.3 is 12.1 Å². The number of alkyl halides is 3. The van der Waals surface area contributed by atoms with Crippen molar-refractivity contribution in [3.8, 4) is 0 Å². The molecule has 1 aromatic carbocycles. The zero-order chi connectivity index (χ0) is 14.8. The molecule has 0 amide bonds. The van der Waals surface area contributed by atoms with Crippen molar-refractivity contribution >= 4 is 11.7 Å². The van der Waals surface area contributed by atoms with Crippen LogP contribution in [0.3, 0.4) is 0 Å². The minimum atomic E-state index is -4.59. The minimum Gasteiger partial charge on any atom is -0.481 e. The Morgan fingerprint density at radius 1 is 1.32 bits per heavy atom. The molecule has 1 rings (SSSR count). The summed E-state index contributed by atoms with van der Waals surface area (Å²) >= 11 is 0. The van der Waals surface area contributed by atoms with E-state index in [9.17, 15) is 23.1 Å². The van der Waals surface area contributed by atoms with Crippen molar-refractivity contribution in [3.05, 3.63) is 29.3 Å². The largest absolute Gasteiger partial charge is 0.481 e. The second-order valence-corrected chi connectivity index (χ2v) is 4.65. The summed E-state index contributed by atoms with van der Waals surface area (Å²) in [5.41, 5.74) is 2.64. The van der Waals surface area contributed by atoms with E-state index >= 15 is 0 Å². The Morgan fingerprint density at radius 3 is 2.26 bits per heavy atom. The lowest BCUT2D eigenvalue weighted by molar-refractivity contribution is -0.144. The lowest BCUT2D eigenvalue weighted by Crippen LogP contribution is -2.33. The Bertz CT molecular complexity index is 485. The van der Waals surface area contributed by atoms with Gasteiger partial charge in [0.25, 0.3) is 0 Å². The molecule has 3 N–H and O–H groups in total. The van der Waals surface area contributed by atoms with E-state index in [2.05, 4.69) is 0 Å². The number of hydrogen-bond donors (Lipinski definition) is 2. The van der Waals surface area contributed by atoms with Crippen LogP contribution in [0.4, 0.5) is 18.9 Å². The second-order valence-electron chi connectivity index (χ2n) is 4.65. The van der Waals surface area contributed by atoms with Crippen LogP contribution < -0.4 is 5.73 Å². The molecule has 3 nitrogen and oxygen atoms in total. The van der Waals surface area contributed by atoms with E-state index < -0.39 is 28.8 Å². The Hall–Kier alpha value is -1.72. The highest BCUT2D eigenvalue weighted by atomic mass is 19.4. The molecular weight excluding hydrogens is 259 g/mol. The molecular formula is C13H16F3NO2. The fourth-order valence-corrected chi connectivity index (χ4v) is 2.15. The van der Waals surface area contributed by atoms with Gasteiger partial charge in [0.05, 0.1) is 11.0 Å². The highest BCUT2D eigenvalue weighted by Gasteiger charge is 2.40. The number of aliphatic carboxylic acids is 1. The zero-order valence-electron chi connectivity index (χ0n) is 10.7. The number of hydrogen-bond acceptors (Lipinski definition) is 2. The topological polar surface area (TPSA) is 63.3 Å². The smallest absolute Gasteiger partial charge is 0.418 e. The third kappa shape index (κ3) is 2.83. The van der Waals surface area contributed by atoms with Crippen LogP contribution >= 0.6 is 0 Å². The number of carboxylic acid groups (broad SMARTS) is 1. The van der Waals surface area contributed by atoms with Crippen molar-refractivity contribution in [1.29, 1.82) is 0 Å². The number of carbonyl (C=O) groups is 1. The van der Waals surface area contributed by atoms with E-state index in [-0.39, 0.29) is 12.0 Å². The number of nitrogen functional groups attached to an aromatic ring is 1. The molecule has 0 saturated carbocycles. The summed E-state index contributed by atoms with van der Waals surface area (Å²) in [6.45, 7) is 3.16. The number of benzene rings is 1. The lowest BCUT2D eigenvalue weighted by Gasteiger charge is -2.27. The van der Waals surface area contributed by atoms with Crippen LogP contribution in [0.2, 0.25) is 0 Å². The van der Waals surface area contributed by atoms with Crippen molar-refractivity contribution in [1.82, 2.24) is 0 Å². The molecule has 0 aliphatic rings. The Labute approximate surface area is 109 Å². The third-order valence-electron chi connectivity index (χ3n) is 3.23. The van der Waals surface area contributed by atoms with Crippen LogP contribution in [0.25, 0.3) is 0 Å².